The topological polar surface area (TPSA) is 67.3 Å². The maximum atomic E-state index is 12.4. The predicted molar refractivity (Wildman–Crippen MR) is 80.4 cm³/mol. The van der Waals surface area contributed by atoms with Crippen molar-refractivity contribution >= 4 is 43.5 Å². The van der Waals surface area contributed by atoms with Crippen molar-refractivity contribution in [1.82, 2.24) is 9.29 Å². The van der Waals surface area contributed by atoms with Crippen molar-refractivity contribution in [3.63, 3.8) is 0 Å². The number of hydrogen-bond donors (Lipinski definition) is 0. The lowest BCUT2D eigenvalue weighted by molar-refractivity contribution is 0.0865. The van der Waals surface area contributed by atoms with Crippen molar-refractivity contribution < 1.29 is 13.2 Å². The molecule has 21 heavy (non-hydrogen) atoms. The molecule has 0 radical (unpaired) electrons. The van der Waals surface area contributed by atoms with E-state index in [1.54, 1.807) is 18.2 Å². The molecule has 8 heteroatoms. The summed E-state index contributed by atoms with van der Waals surface area (Å²) in [6.45, 7) is -0.121. The van der Waals surface area contributed by atoms with Gasteiger partial charge in [0.05, 0.1) is 12.1 Å². The molecule has 0 atom stereocenters. The van der Waals surface area contributed by atoms with Crippen LogP contribution in [0.3, 0.4) is 0 Å². The summed E-state index contributed by atoms with van der Waals surface area (Å²) in [6, 6.07) is 8.04. The van der Waals surface area contributed by atoms with Gasteiger partial charge in [0.2, 0.25) is 0 Å². The van der Waals surface area contributed by atoms with E-state index in [-0.39, 0.29) is 17.1 Å². The van der Waals surface area contributed by atoms with E-state index in [0.717, 1.165) is 8.78 Å². The minimum absolute atomic E-state index is 0.0886. The highest BCUT2D eigenvalue weighted by molar-refractivity contribution is 9.10. The van der Waals surface area contributed by atoms with E-state index in [0.29, 0.717) is 10.6 Å². The molecular weight excluding hydrogens is 380 g/mol. The van der Waals surface area contributed by atoms with Gasteiger partial charge >= 0.3 is 0 Å². The Morgan fingerprint density at radius 1 is 1.29 bits per heavy atom. The molecule has 2 aromatic rings. The Morgan fingerprint density at radius 3 is 2.71 bits per heavy atom. The number of nitrogens with zero attached hydrogens (tertiary/aromatic N) is 2. The first kappa shape index (κ1) is 14.5. The van der Waals surface area contributed by atoms with E-state index in [1.807, 2.05) is 0 Å². The maximum Gasteiger partial charge on any atom is 0.285 e. The van der Waals surface area contributed by atoms with Crippen LogP contribution in [0.4, 0.5) is 0 Å². The Kier molecular flexibility index (Phi) is 3.51. The van der Waals surface area contributed by atoms with E-state index < -0.39 is 15.9 Å². The average molecular weight is 388 g/mol. The van der Waals surface area contributed by atoms with Crippen molar-refractivity contribution in [2.75, 3.05) is 0 Å². The molecule has 108 valence electrons. The van der Waals surface area contributed by atoms with Gasteiger partial charge in [-0.1, -0.05) is 33.6 Å². The molecule has 0 unspecified atom stereocenters. The predicted octanol–water partition coefficient (Wildman–Crippen LogP) is 2.84. The molecule has 1 aromatic carbocycles. The molecule has 1 aromatic heterocycles. The largest absolute Gasteiger partial charge is 0.285 e. The molecule has 2 heterocycles. The number of carbonyl (C=O) groups excluding carboxylic acids is 1. The van der Waals surface area contributed by atoms with Gasteiger partial charge in [0, 0.05) is 15.7 Å². The molecule has 3 rings (SSSR count). The van der Waals surface area contributed by atoms with Crippen molar-refractivity contribution in [1.29, 1.82) is 0 Å². The fraction of sp³-hybridized carbons (Fsp3) is 0.0769. The second kappa shape index (κ2) is 5.08. The SMILES string of the molecule is O=C1c2cccnc2S(=O)(=O)N1Cc1ccc(Br)cc1Cl. The third kappa shape index (κ3) is 2.35. The van der Waals surface area contributed by atoms with Gasteiger partial charge in [0.25, 0.3) is 15.9 Å². The number of carbonyl (C=O) groups is 1. The quantitative estimate of drug-likeness (QED) is 0.795. The smallest absolute Gasteiger partial charge is 0.268 e. The highest BCUT2D eigenvalue weighted by Crippen LogP contribution is 2.31. The lowest BCUT2D eigenvalue weighted by Crippen LogP contribution is -2.29. The highest BCUT2D eigenvalue weighted by Gasteiger charge is 2.42. The van der Waals surface area contributed by atoms with Crippen molar-refractivity contribution in [3.8, 4) is 0 Å². The minimum atomic E-state index is -3.92. The molecule has 0 fully saturated rings. The van der Waals surface area contributed by atoms with Crippen LogP contribution < -0.4 is 0 Å². The summed E-state index contributed by atoms with van der Waals surface area (Å²) < 4.78 is 26.3. The number of amides is 1. The lowest BCUT2D eigenvalue weighted by atomic mass is 10.2. The average Bonchev–Trinajstić information content (AvgIpc) is 2.63. The number of fused-ring (bicyclic) bond motifs is 1. The van der Waals surface area contributed by atoms with Crippen LogP contribution in [0.5, 0.6) is 0 Å². The van der Waals surface area contributed by atoms with Gasteiger partial charge < -0.3 is 0 Å². The molecule has 1 aliphatic rings. The van der Waals surface area contributed by atoms with Crippen LogP contribution in [0.2, 0.25) is 5.02 Å². The molecule has 0 saturated heterocycles. The van der Waals surface area contributed by atoms with Gasteiger partial charge in [-0.25, -0.2) is 9.29 Å². The first-order chi connectivity index (χ1) is 9.91. The molecule has 0 saturated carbocycles. The minimum Gasteiger partial charge on any atom is -0.268 e. The number of pyridine rings is 1. The first-order valence-corrected chi connectivity index (χ1v) is 8.48. The molecule has 5 nitrogen and oxygen atoms in total. The van der Waals surface area contributed by atoms with Crippen LogP contribution in [0.15, 0.2) is 46.0 Å². The number of hydrogen-bond acceptors (Lipinski definition) is 4. The van der Waals surface area contributed by atoms with Crippen LogP contribution >= 0.6 is 27.5 Å². The zero-order valence-corrected chi connectivity index (χ0v) is 13.6. The van der Waals surface area contributed by atoms with Gasteiger partial charge in [-0.3, -0.25) is 4.79 Å². The van der Waals surface area contributed by atoms with Crippen molar-refractivity contribution in [2.45, 2.75) is 11.6 Å². The summed E-state index contributed by atoms with van der Waals surface area (Å²) in [4.78, 5) is 16.0. The van der Waals surface area contributed by atoms with E-state index in [4.69, 9.17) is 11.6 Å². The number of rotatable bonds is 2. The third-order valence-electron chi connectivity index (χ3n) is 3.09. The molecule has 1 aliphatic heterocycles. The summed E-state index contributed by atoms with van der Waals surface area (Å²) in [5, 5.41) is 0.180. The van der Waals surface area contributed by atoms with Gasteiger partial charge in [-0.05, 0) is 29.8 Å². The van der Waals surface area contributed by atoms with Gasteiger partial charge in [0.1, 0.15) is 0 Å². The molecular formula is C13H8BrClN2O3S. The molecule has 1 amide bonds. The number of halogens is 2. The summed E-state index contributed by atoms with van der Waals surface area (Å²) in [7, 11) is -3.92. The van der Waals surface area contributed by atoms with Crippen LogP contribution in [-0.4, -0.2) is 23.6 Å². The Bertz CT molecular complexity index is 854. The summed E-state index contributed by atoms with van der Waals surface area (Å²) in [6.07, 6.45) is 1.35. The van der Waals surface area contributed by atoms with E-state index >= 15 is 0 Å². The van der Waals surface area contributed by atoms with Crippen molar-refractivity contribution in [2.24, 2.45) is 0 Å². The van der Waals surface area contributed by atoms with Crippen LogP contribution in [-0.2, 0) is 16.6 Å². The highest BCUT2D eigenvalue weighted by atomic mass is 79.9. The molecule has 0 spiro atoms. The number of benzene rings is 1. The summed E-state index contributed by atoms with van der Waals surface area (Å²) in [5.74, 6) is -0.586. The first-order valence-electron chi connectivity index (χ1n) is 5.87. The lowest BCUT2D eigenvalue weighted by Gasteiger charge is -2.15. The molecule has 0 bridgehead atoms. The van der Waals surface area contributed by atoms with Gasteiger partial charge in [-0.2, -0.15) is 8.42 Å². The summed E-state index contributed by atoms with van der Waals surface area (Å²) in [5.41, 5.74) is 0.635. The maximum absolute atomic E-state index is 12.4. The van der Waals surface area contributed by atoms with Crippen LogP contribution in [0, 0.1) is 0 Å². The van der Waals surface area contributed by atoms with E-state index in [2.05, 4.69) is 20.9 Å². The molecule has 0 N–H and O–H groups in total. The number of sulfonamides is 1. The standard InChI is InChI=1S/C13H8BrClN2O3S/c14-9-4-3-8(11(15)6-9)7-17-13(18)10-2-1-5-16-12(10)21(17,19)20/h1-6H,7H2. The second-order valence-corrected chi connectivity index (χ2v) is 7.51. The van der Waals surface area contributed by atoms with Gasteiger partial charge in [0.15, 0.2) is 5.03 Å². The zero-order valence-electron chi connectivity index (χ0n) is 10.5. The molecule has 0 aliphatic carbocycles. The van der Waals surface area contributed by atoms with Gasteiger partial charge in [-0.15, -0.1) is 0 Å². The normalized spacial score (nSPS) is 16.1. The second-order valence-electron chi connectivity index (χ2n) is 4.41. The van der Waals surface area contributed by atoms with Crippen LogP contribution in [0.25, 0.3) is 0 Å². The van der Waals surface area contributed by atoms with E-state index in [1.165, 1.54) is 18.3 Å². The third-order valence-corrected chi connectivity index (χ3v) is 5.63. The van der Waals surface area contributed by atoms with E-state index in [9.17, 15) is 13.2 Å². The summed E-state index contributed by atoms with van der Waals surface area (Å²) >= 11 is 9.35. The monoisotopic (exact) mass is 386 g/mol. The zero-order chi connectivity index (χ0) is 15.2. The Balaban J connectivity index is 2.03. The number of aromatic nitrogens is 1. The van der Waals surface area contributed by atoms with Crippen LogP contribution in [0.1, 0.15) is 15.9 Å². The van der Waals surface area contributed by atoms with Crippen molar-refractivity contribution in [3.05, 3.63) is 57.2 Å². The fourth-order valence-corrected chi connectivity index (χ4v) is 4.26. The Labute approximate surface area is 134 Å². The Morgan fingerprint density at radius 2 is 2.05 bits per heavy atom. The fourth-order valence-electron chi connectivity index (χ4n) is 2.07. The Hall–Kier alpha value is -1.44.